The minimum absolute atomic E-state index is 0.0382. The number of aromatic nitrogens is 1. The number of carboxylic acids is 1. The van der Waals surface area contributed by atoms with Crippen LogP contribution in [-0.4, -0.2) is 30.5 Å². The highest BCUT2D eigenvalue weighted by Crippen LogP contribution is 2.23. The number of carboxylic acid groups (broad SMARTS) is 1. The normalized spacial score (nSPS) is 13.6. The van der Waals surface area contributed by atoms with Gasteiger partial charge >= 0.3 is 5.97 Å². The Hall–Kier alpha value is -1.34. The van der Waals surface area contributed by atoms with Crippen LogP contribution in [0.2, 0.25) is 0 Å². The smallest absolute Gasteiger partial charge is 0.352 e. The van der Waals surface area contributed by atoms with E-state index >= 15 is 0 Å². The number of aromatic carboxylic acids is 1. The lowest BCUT2D eigenvalue weighted by Gasteiger charge is -2.15. The van der Waals surface area contributed by atoms with Crippen LogP contribution in [0, 0.1) is 19.8 Å². The van der Waals surface area contributed by atoms with E-state index in [0.29, 0.717) is 11.6 Å². The number of hydrogen-bond donors (Lipinski definition) is 3. The molecule has 1 aromatic heterocycles. The lowest BCUT2D eigenvalue weighted by molar-refractivity contribution is 0.0690. The van der Waals surface area contributed by atoms with E-state index in [2.05, 4.69) is 23.6 Å². The molecule has 0 amide bonds. The lowest BCUT2D eigenvalue weighted by Crippen LogP contribution is -2.33. The Bertz CT molecular complexity index is 617. The number of H-pyrrole nitrogens is 1. The Morgan fingerprint density at radius 3 is 2.24 bits per heavy atom. The van der Waals surface area contributed by atoms with E-state index in [1.54, 1.807) is 6.92 Å². The van der Waals surface area contributed by atoms with Crippen LogP contribution in [0.3, 0.4) is 0 Å². The molecular formula is C14H24N2O4S. The van der Waals surface area contributed by atoms with Gasteiger partial charge in [-0.25, -0.2) is 17.9 Å². The van der Waals surface area contributed by atoms with Gasteiger partial charge in [0.15, 0.2) is 0 Å². The monoisotopic (exact) mass is 316 g/mol. The summed E-state index contributed by atoms with van der Waals surface area (Å²) < 4.78 is 27.5. The molecule has 0 aliphatic rings. The summed E-state index contributed by atoms with van der Waals surface area (Å²) in [4.78, 5) is 13.7. The first kappa shape index (κ1) is 17.7. The molecule has 1 aromatic rings. The molecule has 0 aliphatic heterocycles. The maximum Gasteiger partial charge on any atom is 0.352 e. The zero-order valence-corrected chi connectivity index (χ0v) is 14.0. The predicted octanol–water partition coefficient (Wildman–Crippen LogP) is 2.43. The number of aromatic amines is 1. The summed E-state index contributed by atoms with van der Waals surface area (Å²) in [5.41, 5.74) is 0.500. The fraction of sp³-hybridized carbons (Fsp3) is 0.643. The van der Waals surface area contributed by atoms with Gasteiger partial charge in [-0.3, -0.25) is 0 Å². The third-order valence-electron chi connectivity index (χ3n) is 3.38. The number of sulfonamides is 1. The Morgan fingerprint density at radius 2 is 1.81 bits per heavy atom. The molecule has 0 bridgehead atoms. The summed E-state index contributed by atoms with van der Waals surface area (Å²) in [6.07, 6.45) is 1.67. The molecule has 0 saturated heterocycles. The highest BCUT2D eigenvalue weighted by atomic mass is 32.2. The summed E-state index contributed by atoms with van der Waals surface area (Å²) in [5.74, 6) is -0.656. The van der Waals surface area contributed by atoms with E-state index in [4.69, 9.17) is 5.11 Å². The summed E-state index contributed by atoms with van der Waals surface area (Å²) in [6.45, 7) is 9.05. The van der Waals surface area contributed by atoms with Crippen LogP contribution in [0.4, 0.5) is 0 Å². The Balaban J connectivity index is 3.01. The van der Waals surface area contributed by atoms with Crippen LogP contribution in [0.1, 0.15) is 55.4 Å². The first-order valence-corrected chi connectivity index (χ1v) is 8.49. The second kappa shape index (κ2) is 6.62. The molecule has 6 nitrogen and oxygen atoms in total. The predicted molar refractivity (Wildman–Crippen MR) is 81.1 cm³/mol. The van der Waals surface area contributed by atoms with E-state index in [1.807, 2.05) is 6.92 Å². The third kappa shape index (κ3) is 4.31. The van der Waals surface area contributed by atoms with Crippen LogP contribution >= 0.6 is 0 Å². The maximum atomic E-state index is 12.4. The van der Waals surface area contributed by atoms with E-state index in [0.717, 1.165) is 12.8 Å². The Morgan fingerprint density at radius 1 is 1.24 bits per heavy atom. The van der Waals surface area contributed by atoms with Gasteiger partial charge < -0.3 is 10.1 Å². The SMILES string of the molecule is Cc1[nH]c(C(=O)O)c(C)c1S(=O)(=O)NC(C)CCC(C)C. The summed E-state index contributed by atoms with van der Waals surface area (Å²) in [7, 11) is -3.73. The number of rotatable bonds is 7. The molecule has 1 unspecified atom stereocenters. The molecule has 1 rings (SSSR count). The first-order valence-electron chi connectivity index (χ1n) is 7.01. The van der Waals surface area contributed by atoms with Crippen molar-refractivity contribution in [1.29, 1.82) is 0 Å². The summed E-state index contributed by atoms with van der Waals surface area (Å²) in [5, 5.41) is 9.05. The largest absolute Gasteiger partial charge is 0.477 e. The van der Waals surface area contributed by atoms with Gasteiger partial charge in [0, 0.05) is 17.3 Å². The molecule has 0 spiro atoms. The van der Waals surface area contributed by atoms with Gasteiger partial charge in [-0.15, -0.1) is 0 Å². The molecule has 0 aromatic carbocycles. The highest BCUT2D eigenvalue weighted by Gasteiger charge is 2.27. The average molecular weight is 316 g/mol. The van der Waals surface area contributed by atoms with Gasteiger partial charge in [0.05, 0.1) is 0 Å². The molecule has 1 atom stereocenters. The molecule has 0 radical (unpaired) electrons. The Labute approximate surface area is 126 Å². The van der Waals surface area contributed by atoms with Crippen LogP contribution in [0.15, 0.2) is 4.90 Å². The van der Waals surface area contributed by atoms with Gasteiger partial charge in [-0.1, -0.05) is 13.8 Å². The van der Waals surface area contributed by atoms with Gasteiger partial charge in [0.2, 0.25) is 10.0 Å². The van der Waals surface area contributed by atoms with Crippen molar-refractivity contribution >= 4 is 16.0 Å². The van der Waals surface area contributed by atoms with Crippen molar-refractivity contribution in [3.63, 3.8) is 0 Å². The second-order valence-electron chi connectivity index (χ2n) is 5.88. The summed E-state index contributed by atoms with van der Waals surface area (Å²) >= 11 is 0. The number of hydrogen-bond acceptors (Lipinski definition) is 3. The van der Waals surface area contributed by atoms with Crippen LogP contribution in [-0.2, 0) is 10.0 Å². The molecule has 120 valence electrons. The zero-order chi connectivity index (χ0) is 16.4. The molecule has 3 N–H and O–H groups in total. The van der Waals surface area contributed by atoms with Crippen molar-refractivity contribution in [2.45, 2.75) is 58.4 Å². The quantitative estimate of drug-likeness (QED) is 0.719. The van der Waals surface area contributed by atoms with Gasteiger partial charge in [0.1, 0.15) is 10.6 Å². The number of nitrogens with one attached hydrogen (secondary N) is 2. The van der Waals surface area contributed by atoms with Crippen LogP contribution in [0.5, 0.6) is 0 Å². The maximum absolute atomic E-state index is 12.4. The third-order valence-corrected chi connectivity index (χ3v) is 5.25. The fourth-order valence-corrected chi connectivity index (χ4v) is 4.04. The summed E-state index contributed by atoms with van der Waals surface area (Å²) in [6, 6.07) is -0.195. The topological polar surface area (TPSA) is 99.3 Å². The van der Waals surface area contributed by atoms with Crippen molar-refractivity contribution < 1.29 is 18.3 Å². The van der Waals surface area contributed by atoms with Crippen molar-refractivity contribution in [3.8, 4) is 0 Å². The van der Waals surface area contributed by atoms with Crippen molar-refractivity contribution in [2.24, 2.45) is 5.92 Å². The van der Waals surface area contributed by atoms with Gasteiger partial charge in [-0.05, 0) is 39.5 Å². The van der Waals surface area contributed by atoms with E-state index in [9.17, 15) is 13.2 Å². The first-order chi connectivity index (χ1) is 9.56. The van der Waals surface area contributed by atoms with Gasteiger partial charge in [-0.2, -0.15) is 0 Å². The van der Waals surface area contributed by atoms with Crippen LogP contribution < -0.4 is 4.72 Å². The van der Waals surface area contributed by atoms with Crippen molar-refractivity contribution in [1.82, 2.24) is 9.71 Å². The molecule has 0 saturated carbocycles. The van der Waals surface area contributed by atoms with E-state index in [1.165, 1.54) is 6.92 Å². The van der Waals surface area contributed by atoms with Gasteiger partial charge in [0.25, 0.3) is 0 Å². The minimum Gasteiger partial charge on any atom is -0.477 e. The fourth-order valence-electron chi connectivity index (χ4n) is 2.32. The average Bonchev–Trinajstić information content (AvgIpc) is 2.62. The number of carbonyl (C=O) groups is 1. The highest BCUT2D eigenvalue weighted by molar-refractivity contribution is 7.89. The van der Waals surface area contributed by atoms with E-state index in [-0.39, 0.29) is 22.2 Å². The molecule has 21 heavy (non-hydrogen) atoms. The lowest BCUT2D eigenvalue weighted by atomic mass is 10.1. The minimum atomic E-state index is -3.73. The molecule has 1 heterocycles. The van der Waals surface area contributed by atoms with Crippen LogP contribution in [0.25, 0.3) is 0 Å². The second-order valence-corrected chi connectivity index (χ2v) is 7.53. The van der Waals surface area contributed by atoms with Crippen molar-refractivity contribution in [3.05, 3.63) is 17.0 Å². The van der Waals surface area contributed by atoms with E-state index < -0.39 is 16.0 Å². The number of aryl methyl sites for hydroxylation is 1. The molecule has 0 aliphatic carbocycles. The molecule has 0 fully saturated rings. The van der Waals surface area contributed by atoms with Crippen molar-refractivity contribution in [2.75, 3.05) is 0 Å². The molecular weight excluding hydrogens is 292 g/mol. The standard InChI is InChI=1S/C14H24N2O4S/c1-8(2)6-7-9(3)16-21(19,20)13-10(4)12(14(17)18)15-11(13)5/h8-9,15-16H,6-7H2,1-5H3,(H,17,18). The zero-order valence-electron chi connectivity index (χ0n) is 13.1. The molecule has 7 heteroatoms. The Kier molecular flexibility index (Phi) is 5.58.